The van der Waals surface area contributed by atoms with Crippen LogP contribution in [0.5, 0.6) is 0 Å². The molecule has 4 rings (SSSR count). The van der Waals surface area contributed by atoms with Gasteiger partial charge < -0.3 is 9.42 Å². The molecule has 1 aromatic heterocycles. The van der Waals surface area contributed by atoms with E-state index in [1.165, 1.54) is 12.1 Å². The standard InChI is InChI=1S/C20H24FN3O2/c1-14-2-7-18-17(12-14)19(22-26-18)20(25)24-10-8-23(9-11-24)13-15-3-5-16(21)6-4-15/h3-6,14H,2,7-13H2,1H3/t14-/m0/s1. The molecule has 0 N–H and O–H groups in total. The molecule has 0 spiro atoms. The van der Waals surface area contributed by atoms with Crippen molar-refractivity contribution >= 4 is 5.91 Å². The summed E-state index contributed by atoms with van der Waals surface area (Å²) < 4.78 is 18.4. The Morgan fingerprint density at radius 3 is 2.69 bits per heavy atom. The largest absolute Gasteiger partial charge is 0.360 e. The maximum atomic E-state index is 13.0. The van der Waals surface area contributed by atoms with Crippen LogP contribution in [-0.4, -0.2) is 47.0 Å². The van der Waals surface area contributed by atoms with Gasteiger partial charge in [0.1, 0.15) is 11.6 Å². The number of halogens is 1. The average molecular weight is 357 g/mol. The van der Waals surface area contributed by atoms with Crippen LogP contribution in [0.25, 0.3) is 0 Å². The lowest BCUT2D eigenvalue weighted by Crippen LogP contribution is -2.48. The second kappa shape index (κ2) is 7.19. The number of aryl methyl sites for hydroxylation is 1. The van der Waals surface area contributed by atoms with E-state index in [4.69, 9.17) is 4.52 Å². The minimum Gasteiger partial charge on any atom is -0.360 e. The van der Waals surface area contributed by atoms with Crippen molar-refractivity contribution in [3.63, 3.8) is 0 Å². The van der Waals surface area contributed by atoms with Gasteiger partial charge in [-0.2, -0.15) is 0 Å². The summed E-state index contributed by atoms with van der Waals surface area (Å²) in [4.78, 5) is 17.0. The third-order valence-corrected chi connectivity index (χ3v) is 5.47. The SMILES string of the molecule is C[C@H]1CCc2onc(C(=O)N3CCN(Cc4ccc(F)cc4)CC3)c2C1. The summed E-state index contributed by atoms with van der Waals surface area (Å²) in [6.07, 6.45) is 2.85. The third kappa shape index (κ3) is 3.51. The first-order valence-electron chi connectivity index (χ1n) is 9.33. The van der Waals surface area contributed by atoms with E-state index in [0.29, 0.717) is 24.7 Å². The van der Waals surface area contributed by atoms with E-state index >= 15 is 0 Å². The summed E-state index contributed by atoms with van der Waals surface area (Å²) in [7, 11) is 0. The fraction of sp³-hybridized carbons (Fsp3) is 0.500. The first-order valence-corrected chi connectivity index (χ1v) is 9.33. The van der Waals surface area contributed by atoms with Crippen molar-refractivity contribution in [3.8, 4) is 0 Å². The summed E-state index contributed by atoms with van der Waals surface area (Å²) in [5.74, 6) is 1.24. The molecular formula is C20H24FN3O2. The Bertz CT molecular complexity index is 779. The number of hydrogen-bond donors (Lipinski definition) is 0. The van der Waals surface area contributed by atoms with E-state index in [1.807, 2.05) is 17.0 Å². The highest BCUT2D eigenvalue weighted by atomic mass is 19.1. The second-order valence-corrected chi connectivity index (χ2v) is 7.48. The molecule has 1 saturated heterocycles. The van der Waals surface area contributed by atoms with E-state index in [-0.39, 0.29) is 11.7 Å². The summed E-state index contributed by atoms with van der Waals surface area (Å²) >= 11 is 0. The van der Waals surface area contributed by atoms with Crippen LogP contribution >= 0.6 is 0 Å². The zero-order chi connectivity index (χ0) is 18.1. The molecule has 6 heteroatoms. The summed E-state index contributed by atoms with van der Waals surface area (Å²) in [6, 6.07) is 6.61. The Hall–Kier alpha value is -2.21. The molecule has 2 aliphatic rings. The van der Waals surface area contributed by atoms with Crippen molar-refractivity contribution in [2.75, 3.05) is 26.2 Å². The number of aromatic nitrogens is 1. The predicted molar refractivity (Wildman–Crippen MR) is 95.3 cm³/mol. The number of carbonyl (C=O) groups is 1. The van der Waals surface area contributed by atoms with E-state index in [0.717, 1.165) is 55.8 Å². The van der Waals surface area contributed by atoms with Crippen molar-refractivity contribution in [1.82, 2.24) is 15.0 Å². The lowest BCUT2D eigenvalue weighted by molar-refractivity contribution is 0.0617. The van der Waals surface area contributed by atoms with Crippen molar-refractivity contribution in [2.24, 2.45) is 5.92 Å². The van der Waals surface area contributed by atoms with E-state index in [9.17, 15) is 9.18 Å². The quantitative estimate of drug-likeness (QED) is 0.848. The van der Waals surface area contributed by atoms with Crippen LogP contribution in [0.15, 0.2) is 28.8 Å². The number of hydrogen-bond acceptors (Lipinski definition) is 4. The number of piperazine rings is 1. The molecule has 1 aliphatic heterocycles. The lowest BCUT2D eigenvalue weighted by Gasteiger charge is -2.34. The minimum absolute atomic E-state index is 0.00877. The van der Waals surface area contributed by atoms with Gasteiger partial charge in [0.05, 0.1) is 0 Å². The third-order valence-electron chi connectivity index (χ3n) is 5.47. The predicted octanol–water partition coefficient (Wildman–Crippen LogP) is 2.90. The number of benzene rings is 1. The molecule has 1 fully saturated rings. The number of fused-ring (bicyclic) bond motifs is 1. The second-order valence-electron chi connectivity index (χ2n) is 7.48. The highest BCUT2D eigenvalue weighted by molar-refractivity contribution is 5.94. The van der Waals surface area contributed by atoms with Gasteiger partial charge in [0, 0.05) is 44.7 Å². The lowest BCUT2D eigenvalue weighted by atomic mass is 9.88. The normalized spacial score (nSPS) is 20.8. The van der Waals surface area contributed by atoms with Crippen molar-refractivity contribution in [2.45, 2.75) is 32.7 Å². The molecule has 26 heavy (non-hydrogen) atoms. The highest BCUT2D eigenvalue weighted by Gasteiger charge is 2.30. The number of rotatable bonds is 3. The Morgan fingerprint density at radius 2 is 1.96 bits per heavy atom. The summed E-state index contributed by atoms with van der Waals surface area (Å²) in [6.45, 7) is 5.95. The van der Waals surface area contributed by atoms with E-state index < -0.39 is 0 Å². The van der Waals surface area contributed by atoms with Gasteiger partial charge in [0.2, 0.25) is 0 Å². The van der Waals surface area contributed by atoms with Crippen molar-refractivity contribution in [3.05, 3.63) is 52.7 Å². The molecule has 1 aromatic carbocycles. The molecule has 0 radical (unpaired) electrons. The average Bonchev–Trinajstić information content (AvgIpc) is 3.06. The minimum atomic E-state index is -0.213. The smallest absolute Gasteiger partial charge is 0.276 e. The Balaban J connectivity index is 1.37. The topological polar surface area (TPSA) is 49.6 Å². The molecule has 2 aromatic rings. The van der Waals surface area contributed by atoms with E-state index in [2.05, 4.69) is 17.0 Å². The molecule has 2 heterocycles. The van der Waals surface area contributed by atoms with Crippen molar-refractivity contribution in [1.29, 1.82) is 0 Å². The highest BCUT2D eigenvalue weighted by Crippen LogP contribution is 2.28. The molecule has 138 valence electrons. The van der Waals surface area contributed by atoms with Gasteiger partial charge in [-0.3, -0.25) is 9.69 Å². The van der Waals surface area contributed by atoms with Gasteiger partial charge in [-0.1, -0.05) is 24.2 Å². The van der Waals surface area contributed by atoms with Crippen molar-refractivity contribution < 1.29 is 13.7 Å². The van der Waals surface area contributed by atoms with Crippen LogP contribution in [-0.2, 0) is 19.4 Å². The number of amides is 1. The zero-order valence-corrected chi connectivity index (χ0v) is 15.1. The molecule has 1 atom stereocenters. The molecule has 1 aliphatic carbocycles. The fourth-order valence-electron chi connectivity index (χ4n) is 3.85. The maximum Gasteiger partial charge on any atom is 0.276 e. The Kier molecular flexibility index (Phi) is 4.76. The van der Waals surface area contributed by atoms with Crippen LogP contribution in [0.4, 0.5) is 4.39 Å². The molecular weight excluding hydrogens is 333 g/mol. The Morgan fingerprint density at radius 1 is 1.23 bits per heavy atom. The van der Waals surface area contributed by atoms with Gasteiger partial charge in [-0.15, -0.1) is 0 Å². The van der Waals surface area contributed by atoms with E-state index in [1.54, 1.807) is 0 Å². The monoisotopic (exact) mass is 357 g/mol. The first kappa shape index (κ1) is 17.2. The van der Waals surface area contributed by atoms with Crippen LogP contribution in [0.3, 0.4) is 0 Å². The van der Waals surface area contributed by atoms with Gasteiger partial charge in [-0.25, -0.2) is 4.39 Å². The summed E-state index contributed by atoms with van der Waals surface area (Å²) in [5, 5.41) is 4.09. The van der Waals surface area contributed by atoms with Crippen LogP contribution < -0.4 is 0 Å². The zero-order valence-electron chi connectivity index (χ0n) is 15.1. The van der Waals surface area contributed by atoms with Gasteiger partial charge in [-0.05, 0) is 36.5 Å². The first-order chi connectivity index (χ1) is 12.6. The maximum absolute atomic E-state index is 13.0. The van der Waals surface area contributed by atoms with Gasteiger partial charge in [0.25, 0.3) is 5.91 Å². The molecule has 0 saturated carbocycles. The molecule has 1 amide bonds. The van der Waals surface area contributed by atoms with Crippen LogP contribution in [0, 0.1) is 11.7 Å². The molecule has 5 nitrogen and oxygen atoms in total. The molecule has 0 unspecified atom stereocenters. The van der Waals surface area contributed by atoms with Crippen LogP contribution in [0.2, 0.25) is 0 Å². The number of nitrogens with zero attached hydrogens (tertiary/aromatic N) is 3. The summed E-state index contributed by atoms with van der Waals surface area (Å²) in [5.41, 5.74) is 2.62. The Labute approximate surface area is 152 Å². The van der Waals surface area contributed by atoms with Crippen LogP contribution in [0.1, 0.15) is 40.7 Å². The number of carbonyl (C=O) groups excluding carboxylic acids is 1. The van der Waals surface area contributed by atoms with Gasteiger partial charge >= 0.3 is 0 Å². The van der Waals surface area contributed by atoms with Gasteiger partial charge in [0.15, 0.2) is 5.69 Å². The fourth-order valence-corrected chi connectivity index (χ4v) is 3.85. The molecule has 0 bridgehead atoms.